The van der Waals surface area contributed by atoms with Crippen LogP contribution in [0.2, 0.25) is 0 Å². The molecule has 3 unspecified atom stereocenters. The molecule has 0 aromatic heterocycles. The molecule has 0 aromatic rings. The number of ketones is 4. The van der Waals surface area contributed by atoms with Crippen molar-refractivity contribution in [2.45, 2.75) is 38.2 Å². The molecule has 0 amide bonds. The van der Waals surface area contributed by atoms with Crippen molar-refractivity contribution in [1.29, 1.82) is 0 Å². The predicted molar refractivity (Wildman–Crippen MR) is 67.9 cm³/mol. The van der Waals surface area contributed by atoms with Crippen molar-refractivity contribution in [1.82, 2.24) is 0 Å². The van der Waals surface area contributed by atoms with Crippen LogP contribution in [0.25, 0.3) is 0 Å². The Hall–Kier alpha value is -1.62. The topological polar surface area (TPSA) is 77.5 Å². The van der Waals surface area contributed by atoms with Gasteiger partial charge in [-0.25, -0.2) is 0 Å². The Labute approximate surface area is 116 Å². The molecule has 0 radical (unpaired) electrons. The van der Waals surface area contributed by atoms with Crippen molar-refractivity contribution in [2.24, 2.45) is 11.8 Å². The third-order valence-electron chi connectivity index (χ3n) is 4.66. The van der Waals surface area contributed by atoms with E-state index in [0.717, 1.165) is 6.42 Å². The maximum atomic E-state index is 12.6. The Kier molecular flexibility index (Phi) is 3.17. The summed E-state index contributed by atoms with van der Waals surface area (Å²) in [5, 5.41) is 0. The van der Waals surface area contributed by atoms with E-state index in [2.05, 4.69) is 0 Å². The first kappa shape index (κ1) is 13.4. The Bertz CT molecular complexity index is 557. The fourth-order valence-corrected chi connectivity index (χ4v) is 3.70. The van der Waals surface area contributed by atoms with Gasteiger partial charge in [0.2, 0.25) is 0 Å². The summed E-state index contributed by atoms with van der Waals surface area (Å²) in [5.74, 6) is -2.46. The number of methoxy groups -OCH3 is 1. The minimum absolute atomic E-state index is 0.0335. The summed E-state index contributed by atoms with van der Waals surface area (Å²) in [7, 11) is 1.52. The molecule has 0 bridgehead atoms. The number of Topliss-reactive ketones (excluding diaryl/α,β-unsaturated/α-hetero) is 4. The van der Waals surface area contributed by atoms with Crippen molar-refractivity contribution in [3.8, 4) is 0 Å². The van der Waals surface area contributed by atoms with E-state index in [-0.39, 0.29) is 53.2 Å². The zero-order chi connectivity index (χ0) is 14.4. The Balaban J connectivity index is 2.13. The predicted octanol–water partition coefficient (Wildman–Crippen LogP) is 0.798. The van der Waals surface area contributed by atoms with Gasteiger partial charge in [0.15, 0.2) is 23.1 Å². The van der Waals surface area contributed by atoms with Gasteiger partial charge in [-0.15, -0.1) is 0 Å². The molecule has 1 fully saturated rings. The van der Waals surface area contributed by atoms with Crippen LogP contribution in [0.1, 0.15) is 32.1 Å². The van der Waals surface area contributed by atoms with Gasteiger partial charge in [0, 0.05) is 25.9 Å². The van der Waals surface area contributed by atoms with Gasteiger partial charge in [-0.2, -0.15) is 0 Å². The molecule has 0 aromatic carbocycles. The molecular weight excluding hydrogens is 260 g/mol. The average molecular weight is 276 g/mol. The largest absolute Gasteiger partial charge is 0.381 e. The normalized spacial score (nSPS) is 34.1. The highest BCUT2D eigenvalue weighted by molar-refractivity contribution is 6.38. The number of carbonyl (C=O) groups excluding carboxylic acids is 4. The molecule has 3 rings (SSSR count). The van der Waals surface area contributed by atoms with Crippen molar-refractivity contribution in [2.75, 3.05) is 7.11 Å². The molecule has 5 heteroatoms. The first-order chi connectivity index (χ1) is 9.56. The minimum atomic E-state index is -0.588. The van der Waals surface area contributed by atoms with Crippen molar-refractivity contribution < 1.29 is 23.9 Å². The Morgan fingerprint density at radius 1 is 0.900 bits per heavy atom. The first-order valence-corrected chi connectivity index (χ1v) is 6.98. The van der Waals surface area contributed by atoms with Crippen molar-refractivity contribution >= 4 is 23.1 Å². The Morgan fingerprint density at radius 2 is 1.50 bits per heavy atom. The van der Waals surface area contributed by atoms with E-state index >= 15 is 0 Å². The van der Waals surface area contributed by atoms with E-state index < -0.39 is 11.8 Å². The van der Waals surface area contributed by atoms with Crippen LogP contribution in [0.4, 0.5) is 0 Å². The van der Waals surface area contributed by atoms with Crippen molar-refractivity contribution in [3.05, 3.63) is 11.1 Å². The number of fused-ring (bicyclic) bond motifs is 1. The second-order valence-electron chi connectivity index (χ2n) is 5.66. The third kappa shape index (κ3) is 1.73. The SMILES string of the molecule is COC1CCCC2C(=O)C3=C(C(=O)CCC3=O)C(=O)C12. The zero-order valence-electron chi connectivity index (χ0n) is 11.3. The molecule has 3 aliphatic rings. The van der Waals surface area contributed by atoms with E-state index in [1.807, 2.05) is 0 Å². The number of hydrogen-bond acceptors (Lipinski definition) is 5. The summed E-state index contributed by atoms with van der Waals surface area (Å²) in [6.45, 7) is 0. The Morgan fingerprint density at radius 3 is 2.10 bits per heavy atom. The number of hydrogen-bond donors (Lipinski definition) is 0. The fourth-order valence-electron chi connectivity index (χ4n) is 3.70. The molecule has 3 atom stereocenters. The molecule has 0 aliphatic heterocycles. The monoisotopic (exact) mass is 276 g/mol. The maximum Gasteiger partial charge on any atom is 0.173 e. The van der Waals surface area contributed by atoms with Crippen LogP contribution in [0.15, 0.2) is 11.1 Å². The molecule has 106 valence electrons. The highest BCUT2D eigenvalue weighted by Gasteiger charge is 2.52. The highest BCUT2D eigenvalue weighted by atomic mass is 16.5. The molecule has 5 nitrogen and oxygen atoms in total. The lowest BCUT2D eigenvalue weighted by molar-refractivity contribution is -0.143. The van der Waals surface area contributed by atoms with E-state index in [9.17, 15) is 19.2 Å². The van der Waals surface area contributed by atoms with E-state index in [1.165, 1.54) is 7.11 Å². The van der Waals surface area contributed by atoms with Gasteiger partial charge in [0.25, 0.3) is 0 Å². The van der Waals surface area contributed by atoms with Gasteiger partial charge < -0.3 is 4.74 Å². The molecule has 0 N–H and O–H groups in total. The molecule has 0 heterocycles. The fraction of sp³-hybridized carbons (Fsp3) is 0.600. The second kappa shape index (κ2) is 4.74. The van der Waals surface area contributed by atoms with Crippen LogP contribution in [0.5, 0.6) is 0 Å². The van der Waals surface area contributed by atoms with Gasteiger partial charge in [0.05, 0.1) is 23.2 Å². The smallest absolute Gasteiger partial charge is 0.173 e. The lowest BCUT2D eigenvalue weighted by Crippen LogP contribution is -2.50. The van der Waals surface area contributed by atoms with Crippen molar-refractivity contribution in [3.63, 3.8) is 0 Å². The molecule has 1 saturated carbocycles. The second-order valence-corrected chi connectivity index (χ2v) is 5.66. The van der Waals surface area contributed by atoms with Gasteiger partial charge in [-0.1, -0.05) is 6.42 Å². The van der Waals surface area contributed by atoms with E-state index in [0.29, 0.717) is 12.8 Å². The highest BCUT2D eigenvalue weighted by Crippen LogP contribution is 2.42. The molecule has 20 heavy (non-hydrogen) atoms. The van der Waals surface area contributed by atoms with Gasteiger partial charge >= 0.3 is 0 Å². The standard InChI is InChI=1S/C15H16O5/c1-20-10-4-2-3-7-11(10)15(19)13-9(17)6-5-8(16)12(13)14(7)18/h7,10-11H,2-6H2,1H3. The lowest BCUT2D eigenvalue weighted by atomic mass is 9.63. The van der Waals surface area contributed by atoms with Crippen LogP contribution in [-0.2, 0) is 23.9 Å². The van der Waals surface area contributed by atoms with Gasteiger partial charge in [-0.05, 0) is 12.8 Å². The molecule has 3 aliphatic carbocycles. The summed E-state index contributed by atoms with van der Waals surface area (Å²) in [4.78, 5) is 49.0. The average Bonchev–Trinajstić information content (AvgIpc) is 2.46. The van der Waals surface area contributed by atoms with Gasteiger partial charge in [-0.3, -0.25) is 19.2 Å². The summed E-state index contributed by atoms with van der Waals surface area (Å²) >= 11 is 0. The minimum Gasteiger partial charge on any atom is -0.381 e. The first-order valence-electron chi connectivity index (χ1n) is 6.98. The summed E-state index contributed by atoms with van der Waals surface area (Å²) in [6, 6.07) is 0. The number of carbonyl (C=O) groups is 4. The van der Waals surface area contributed by atoms with Crippen LogP contribution < -0.4 is 0 Å². The third-order valence-corrected chi connectivity index (χ3v) is 4.66. The van der Waals surface area contributed by atoms with E-state index in [4.69, 9.17) is 4.74 Å². The van der Waals surface area contributed by atoms with Gasteiger partial charge in [0.1, 0.15) is 0 Å². The maximum absolute atomic E-state index is 12.6. The van der Waals surface area contributed by atoms with Crippen LogP contribution in [0, 0.1) is 11.8 Å². The molecular formula is C15H16O5. The molecule has 0 spiro atoms. The summed E-state index contributed by atoms with van der Waals surface area (Å²) in [6.07, 6.45) is 1.84. The van der Waals surface area contributed by atoms with Crippen LogP contribution in [0.3, 0.4) is 0 Å². The van der Waals surface area contributed by atoms with Crippen LogP contribution in [-0.4, -0.2) is 36.3 Å². The summed E-state index contributed by atoms with van der Waals surface area (Å²) in [5.41, 5.74) is -0.263. The number of allylic oxidation sites excluding steroid dienone is 2. The zero-order valence-corrected chi connectivity index (χ0v) is 11.3. The number of ether oxygens (including phenoxy) is 1. The summed E-state index contributed by atoms with van der Waals surface area (Å²) < 4.78 is 5.33. The number of rotatable bonds is 1. The quantitative estimate of drug-likeness (QED) is 0.662. The van der Waals surface area contributed by atoms with Crippen LogP contribution >= 0.6 is 0 Å². The van der Waals surface area contributed by atoms with E-state index in [1.54, 1.807) is 0 Å². The lowest BCUT2D eigenvalue weighted by Gasteiger charge is -2.39. The molecule has 0 saturated heterocycles.